The monoisotopic (exact) mass is 258 g/mol. The van der Waals surface area contributed by atoms with Crippen molar-refractivity contribution < 1.29 is 5.11 Å². The van der Waals surface area contributed by atoms with Crippen molar-refractivity contribution in [1.29, 1.82) is 0 Å². The van der Waals surface area contributed by atoms with Crippen LogP contribution in [0.25, 0.3) is 0 Å². The molecule has 1 aromatic heterocycles. The van der Waals surface area contributed by atoms with E-state index in [1.54, 1.807) is 0 Å². The first kappa shape index (κ1) is 13.8. The van der Waals surface area contributed by atoms with Crippen molar-refractivity contribution in [1.82, 2.24) is 9.78 Å². The van der Waals surface area contributed by atoms with Crippen molar-refractivity contribution in [2.75, 3.05) is 0 Å². The Labute approximate surface area is 114 Å². The van der Waals surface area contributed by atoms with Gasteiger partial charge in [0.25, 0.3) is 0 Å². The van der Waals surface area contributed by atoms with Gasteiger partial charge in [-0.2, -0.15) is 5.10 Å². The van der Waals surface area contributed by atoms with Crippen LogP contribution in [0, 0.1) is 0 Å². The number of hydrogen-bond acceptors (Lipinski definition) is 2. The van der Waals surface area contributed by atoms with E-state index in [1.807, 2.05) is 41.9 Å². The molecule has 2 rings (SSSR count). The summed E-state index contributed by atoms with van der Waals surface area (Å²) in [5.74, 6) is 0. The molecule has 0 aliphatic heterocycles. The molecule has 1 atom stereocenters. The summed E-state index contributed by atoms with van der Waals surface area (Å²) in [4.78, 5) is 0. The smallest absolute Gasteiger partial charge is 0.0923 e. The quantitative estimate of drug-likeness (QED) is 0.895. The Bertz CT molecular complexity index is 529. The average Bonchev–Trinajstić information content (AvgIpc) is 2.81. The molecule has 0 bridgehead atoms. The molecule has 0 aliphatic carbocycles. The molecule has 0 saturated heterocycles. The van der Waals surface area contributed by atoms with Crippen LogP contribution >= 0.6 is 0 Å². The highest BCUT2D eigenvalue weighted by Crippen LogP contribution is 2.25. The van der Waals surface area contributed by atoms with E-state index < -0.39 is 5.60 Å². The van der Waals surface area contributed by atoms with Crippen LogP contribution in [0.2, 0.25) is 0 Å². The molecule has 2 aromatic rings. The predicted octanol–water partition coefficient (Wildman–Crippen LogP) is 2.92. The van der Waals surface area contributed by atoms with Gasteiger partial charge in [-0.15, -0.1) is 0 Å². The summed E-state index contributed by atoms with van der Waals surface area (Å²) in [6, 6.07) is 11.9. The number of rotatable bonds is 5. The van der Waals surface area contributed by atoms with Crippen LogP contribution in [0.15, 0.2) is 36.4 Å². The molecule has 0 saturated carbocycles. The summed E-state index contributed by atoms with van der Waals surface area (Å²) in [5, 5.41) is 15.2. The standard InChI is InChI=1S/C16H22N2O/c1-4-14-11-15(18(5-2)17-14)12-16(3,19)13-9-7-6-8-10-13/h6-11,19H,4-5,12H2,1-3H3. The molecular weight excluding hydrogens is 236 g/mol. The van der Waals surface area contributed by atoms with Crippen molar-refractivity contribution in [3.63, 3.8) is 0 Å². The second-order valence-electron chi connectivity index (χ2n) is 5.11. The number of aromatic nitrogens is 2. The van der Waals surface area contributed by atoms with Gasteiger partial charge in [0.15, 0.2) is 0 Å². The van der Waals surface area contributed by atoms with Gasteiger partial charge in [0.1, 0.15) is 0 Å². The van der Waals surface area contributed by atoms with Gasteiger partial charge in [-0.1, -0.05) is 37.3 Å². The minimum absolute atomic E-state index is 0.581. The minimum Gasteiger partial charge on any atom is -0.385 e. The number of aryl methyl sites for hydroxylation is 2. The van der Waals surface area contributed by atoms with Crippen LogP contribution in [0.5, 0.6) is 0 Å². The van der Waals surface area contributed by atoms with E-state index in [0.29, 0.717) is 6.42 Å². The minimum atomic E-state index is -0.862. The second-order valence-corrected chi connectivity index (χ2v) is 5.11. The van der Waals surface area contributed by atoms with Gasteiger partial charge in [-0.05, 0) is 31.9 Å². The maximum atomic E-state index is 10.7. The fourth-order valence-electron chi connectivity index (χ4n) is 2.36. The third-order valence-corrected chi connectivity index (χ3v) is 3.50. The van der Waals surface area contributed by atoms with Gasteiger partial charge in [0, 0.05) is 18.7 Å². The molecule has 0 aliphatic rings. The normalized spacial score (nSPS) is 14.3. The van der Waals surface area contributed by atoms with E-state index in [1.165, 1.54) is 0 Å². The summed E-state index contributed by atoms with van der Waals surface area (Å²) in [6.07, 6.45) is 1.51. The third-order valence-electron chi connectivity index (χ3n) is 3.50. The lowest BCUT2D eigenvalue weighted by atomic mass is 9.91. The van der Waals surface area contributed by atoms with Crippen LogP contribution in [0.3, 0.4) is 0 Å². The highest BCUT2D eigenvalue weighted by molar-refractivity contribution is 5.24. The second kappa shape index (κ2) is 5.57. The van der Waals surface area contributed by atoms with Crippen LogP contribution in [0.1, 0.15) is 37.7 Å². The van der Waals surface area contributed by atoms with Gasteiger partial charge in [0.2, 0.25) is 0 Å². The number of nitrogens with zero attached hydrogens (tertiary/aromatic N) is 2. The average molecular weight is 258 g/mol. The lowest BCUT2D eigenvalue weighted by Crippen LogP contribution is -2.25. The molecule has 19 heavy (non-hydrogen) atoms. The van der Waals surface area contributed by atoms with E-state index >= 15 is 0 Å². The Morgan fingerprint density at radius 1 is 1.21 bits per heavy atom. The van der Waals surface area contributed by atoms with E-state index in [2.05, 4.69) is 25.0 Å². The van der Waals surface area contributed by atoms with Crippen LogP contribution in [0.4, 0.5) is 0 Å². The molecule has 0 spiro atoms. The zero-order valence-corrected chi connectivity index (χ0v) is 11.9. The molecule has 3 heteroatoms. The number of hydrogen-bond donors (Lipinski definition) is 1. The summed E-state index contributed by atoms with van der Waals surface area (Å²) in [7, 11) is 0. The van der Waals surface area contributed by atoms with Gasteiger partial charge in [-0.3, -0.25) is 4.68 Å². The molecule has 1 heterocycles. The van der Waals surface area contributed by atoms with Crippen LogP contribution < -0.4 is 0 Å². The molecule has 3 nitrogen and oxygen atoms in total. The molecule has 1 N–H and O–H groups in total. The molecule has 1 unspecified atom stereocenters. The SMILES string of the molecule is CCc1cc(CC(C)(O)c2ccccc2)n(CC)n1. The Kier molecular flexibility index (Phi) is 4.05. The Balaban J connectivity index is 2.27. The molecule has 0 radical (unpaired) electrons. The number of benzene rings is 1. The predicted molar refractivity (Wildman–Crippen MR) is 77.0 cm³/mol. The van der Waals surface area contributed by atoms with Crippen molar-refractivity contribution >= 4 is 0 Å². The first-order valence-electron chi connectivity index (χ1n) is 6.90. The number of aliphatic hydroxyl groups is 1. The van der Waals surface area contributed by atoms with Crippen molar-refractivity contribution in [3.8, 4) is 0 Å². The van der Waals surface area contributed by atoms with Crippen LogP contribution in [-0.2, 0) is 25.0 Å². The van der Waals surface area contributed by atoms with Crippen molar-refractivity contribution in [3.05, 3.63) is 53.3 Å². The van der Waals surface area contributed by atoms with Crippen molar-refractivity contribution in [2.24, 2.45) is 0 Å². The van der Waals surface area contributed by atoms with Gasteiger partial charge in [0.05, 0.1) is 11.3 Å². The molecule has 1 aromatic carbocycles. The van der Waals surface area contributed by atoms with Gasteiger partial charge in [-0.25, -0.2) is 0 Å². The van der Waals surface area contributed by atoms with Crippen LogP contribution in [-0.4, -0.2) is 14.9 Å². The maximum Gasteiger partial charge on any atom is 0.0923 e. The van der Waals surface area contributed by atoms with Gasteiger partial charge < -0.3 is 5.11 Å². The molecule has 102 valence electrons. The molecular formula is C16H22N2O. The first-order chi connectivity index (χ1) is 9.06. The summed E-state index contributed by atoms with van der Waals surface area (Å²) in [5.41, 5.74) is 2.25. The van der Waals surface area contributed by atoms with Gasteiger partial charge >= 0.3 is 0 Å². The topological polar surface area (TPSA) is 38.0 Å². The highest BCUT2D eigenvalue weighted by atomic mass is 16.3. The van der Waals surface area contributed by atoms with E-state index in [-0.39, 0.29) is 0 Å². The van der Waals surface area contributed by atoms with E-state index in [4.69, 9.17) is 0 Å². The summed E-state index contributed by atoms with van der Waals surface area (Å²) < 4.78 is 1.98. The van der Waals surface area contributed by atoms with E-state index in [9.17, 15) is 5.11 Å². The zero-order valence-electron chi connectivity index (χ0n) is 11.9. The lowest BCUT2D eigenvalue weighted by molar-refractivity contribution is 0.0554. The molecule has 0 fully saturated rings. The summed E-state index contributed by atoms with van der Waals surface area (Å²) >= 11 is 0. The summed E-state index contributed by atoms with van der Waals surface area (Å²) in [6.45, 7) is 6.87. The fourth-order valence-corrected chi connectivity index (χ4v) is 2.36. The maximum absolute atomic E-state index is 10.7. The largest absolute Gasteiger partial charge is 0.385 e. The highest BCUT2D eigenvalue weighted by Gasteiger charge is 2.25. The van der Waals surface area contributed by atoms with E-state index in [0.717, 1.165) is 29.9 Å². The third kappa shape index (κ3) is 3.04. The zero-order chi connectivity index (χ0) is 13.9. The Hall–Kier alpha value is -1.61. The lowest BCUT2D eigenvalue weighted by Gasteiger charge is -2.24. The van der Waals surface area contributed by atoms with Crippen molar-refractivity contribution in [2.45, 2.75) is 45.8 Å². The Morgan fingerprint density at radius 2 is 1.89 bits per heavy atom. The molecule has 0 amide bonds. The first-order valence-corrected chi connectivity index (χ1v) is 6.90. The fraction of sp³-hybridized carbons (Fsp3) is 0.438. The Morgan fingerprint density at radius 3 is 2.47 bits per heavy atom.